The number of amides is 6. The van der Waals surface area contributed by atoms with Gasteiger partial charge in [-0.2, -0.15) is 0 Å². The number of hydrogen-bond acceptors (Lipinski definition) is 12. The van der Waals surface area contributed by atoms with Crippen molar-refractivity contribution in [2.24, 2.45) is 16.8 Å². The van der Waals surface area contributed by atoms with E-state index < -0.39 is 77.9 Å². The van der Waals surface area contributed by atoms with E-state index in [4.69, 9.17) is 9.47 Å². The van der Waals surface area contributed by atoms with Crippen LogP contribution in [0.5, 0.6) is 0 Å². The number of hydrogen-bond donors (Lipinski definition) is 7. The highest BCUT2D eigenvalue weighted by atomic mass is 32.2. The molecule has 66 heavy (non-hydrogen) atoms. The van der Waals surface area contributed by atoms with Crippen molar-refractivity contribution in [2.75, 3.05) is 19.6 Å². The van der Waals surface area contributed by atoms with Gasteiger partial charge >= 0.3 is 12.2 Å². The van der Waals surface area contributed by atoms with Gasteiger partial charge in [-0.25, -0.2) is 9.59 Å². The first-order valence-corrected chi connectivity index (χ1v) is 24.0. The zero-order valence-corrected chi connectivity index (χ0v) is 40.6. The molecule has 2 heterocycles. The van der Waals surface area contributed by atoms with E-state index in [-0.39, 0.29) is 56.0 Å². The molecule has 2 aliphatic heterocycles. The highest BCUT2D eigenvalue weighted by Gasteiger charge is 2.40. The summed E-state index contributed by atoms with van der Waals surface area (Å²) in [6, 6.07) is 13.7. The SMILES string of the molecule is CC(C)C[C@H](NC(=O)OC(C)(C)C)C(=O)N[C@H](Cc1ccccc1)C(=O)N1CCC[C@H]1C(=O)N[C@@H](C(C)C)[C@H](O)N[C@H](CCCNC(=O)OCc1ccccc1)C(=O)NC1=NCCC(C)S1. The van der Waals surface area contributed by atoms with Gasteiger partial charge in [0.15, 0.2) is 5.17 Å². The van der Waals surface area contributed by atoms with E-state index in [2.05, 4.69) is 43.8 Å². The predicted molar refractivity (Wildman–Crippen MR) is 255 cm³/mol. The van der Waals surface area contributed by atoms with Gasteiger partial charge in [-0.05, 0) is 82.3 Å². The Labute approximate surface area is 394 Å². The first-order chi connectivity index (χ1) is 31.3. The minimum absolute atomic E-state index is 0.0151. The lowest BCUT2D eigenvalue weighted by Crippen LogP contribution is -2.61. The van der Waals surface area contributed by atoms with Crippen LogP contribution in [0.15, 0.2) is 65.7 Å². The van der Waals surface area contributed by atoms with Crippen molar-refractivity contribution in [3.05, 3.63) is 71.8 Å². The molecule has 1 unspecified atom stereocenters. The zero-order valence-electron chi connectivity index (χ0n) is 39.8. The molecule has 0 radical (unpaired) electrons. The minimum Gasteiger partial charge on any atom is -0.445 e. The first kappa shape index (κ1) is 53.4. The van der Waals surface area contributed by atoms with Gasteiger partial charge in [0.25, 0.3) is 0 Å². The van der Waals surface area contributed by atoms with E-state index in [9.17, 15) is 33.9 Å². The first-order valence-electron chi connectivity index (χ1n) is 23.1. The quantitative estimate of drug-likeness (QED) is 0.0667. The van der Waals surface area contributed by atoms with Crippen LogP contribution in [-0.2, 0) is 41.7 Å². The van der Waals surface area contributed by atoms with Crippen LogP contribution in [-0.4, -0.2) is 118 Å². The van der Waals surface area contributed by atoms with Crippen molar-refractivity contribution < 1.29 is 43.3 Å². The van der Waals surface area contributed by atoms with E-state index in [0.717, 1.165) is 17.5 Å². The second kappa shape index (κ2) is 26.2. The largest absolute Gasteiger partial charge is 0.445 e. The topological polar surface area (TPSA) is 229 Å². The van der Waals surface area contributed by atoms with Crippen molar-refractivity contribution in [1.29, 1.82) is 0 Å². The highest BCUT2D eigenvalue weighted by molar-refractivity contribution is 8.14. The fourth-order valence-corrected chi connectivity index (χ4v) is 8.55. The fourth-order valence-electron chi connectivity index (χ4n) is 7.62. The van der Waals surface area contributed by atoms with Crippen LogP contribution in [0.2, 0.25) is 0 Å². The van der Waals surface area contributed by atoms with Crippen molar-refractivity contribution in [1.82, 2.24) is 36.8 Å². The van der Waals surface area contributed by atoms with Gasteiger partial charge in [-0.3, -0.25) is 29.5 Å². The third kappa shape index (κ3) is 18.2. The molecular weight excluding hydrogens is 865 g/mol. The maximum absolute atomic E-state index is 14.5. The lowest BCUT2D eigenvalue weighted by molar-refractivity contribution is -0.142. The molecule has 18 heteroatoms. The number of carbonyl (C=O) groups excluding carboxylic acids is 6. The van der Waals surface area contributed by atoms with Crippen molar-refractivity contribution in [2.45, 2.75) is 154 Å². The summed E-state index contributed by atoms with van der Waals surface area (Å²) in [5, 5.41) is 29.7. The van der Waals surface area contributed by atoms with Crippen LogP contribution in [0, 0.1) is 11.8 Å². The van der Waals surface area contributed by atoms with E-state index in [1.165, 1.54) is 16.7 Å². The molecule has 6 amide bonds. The Hall–Kier alpha value is -5.20. The number of rotatable bonds is 21. The second-order valence-electron chi connectivity index (χ2n) is 18.7. The second-order valence-corrected chi connectivity index (χ2v) is 20.2. The van der Waals surface area contributed by atoms with Crippen LogP contribution in [0.1, 0.15) is 105 Å². The van der Waals surface area contributed by atoms with E-state index in [1.54, 1.807) is 20.8 Å². The third-order valence-corrected chi connectivity index (χ3v) is 12.1. The number of carbonyl (C=O) groups is 6. The monoisotopic (exact) mass is 937 g/mol. The Balaban J connectivity index is 1.46. The van der Waals surface area contributed by atoms with Crippen molar-refractivity contribution in [3.8, 4) is 0 Å². The van der Waals surface area contributed by atoms with Gasteiger partial charge in [-0.1, -0.05) is 107 Å². The maximum Gasteiger partial charge on any atom is 0.408 e. The standard InChI is InChI=1S/C48H72N8O9S/c1-30(2)27-36(53-47(63)65-48(6,7)8)41(58)52-37(28-33-17-11-9-12-18-33)44(61)56-26-16-22-38(56)42(59)54-39(31(3)4)43(60)51-35(40(57)55-45-49-25-23-32(5)66-45)21-15-24-50-46(62)64-29-34-19-13-10-14-20-34/h9-14,17-20,30-32,35-39,43,51,60H,15-16,21-29H2,1-8H3,(H,50,62)(H,52,58)(H,53,63)(H,54,59)(H,49,55,57)/t32?,35-,36+,37-,38+,39+,43+/m1/s1. The third-order valence-electron chi connectivity index (χ3n) is 11.0. The molecule has 17 nitrogen and oxygen atoms in total. The van der Waals surface area contributed by atoms with Gasteiger partial charge in [0, 0.05) is 31.3 Å². The zero-order chi connectivity index (χ0) is 48.4. The number of aliphatic imine (C=N–C) groups is 1. The summed E-state index contributed by atoms with van der Waals surface area (Å²) < 4.78 is 10.8. The summed E-state index contributed by atoms with van der Waals surface area (Å²) in [5.74, 6) is -2.24. The Bertz CT molecular complexity index is 1930. The number of benzene rings is 2. The molecule has 1 saturated heterocycles. The van der Waals surface area contributed by atoms with Crippen molar-refractivity contribution >= 4 is 52.7 Å². The number of aliphatic hydroxyl groups is 1. The molecule has 0 bridgehead atoms. The number of amidine groups is 1. The number of nitrogens with one attached hydrogen (secondary N) is 6. The summed E-state index contributed by atoms with van der Waals surface area (Å²) in [6.07, 6.45) is -0.0360. The van der Waals surface area contributed by atoms with Gasteiger partial charge in [0.2, 0.25) is 23.6 Å². The van der Waals surface area contributed by atoms with E-state index >= 15 is 0 Å². The van der Waals surface area contributed by atoms with Crippen LogP contribution in [0.4, 0.5) is 9.59 Å². The molecule has 4 rings (SSSR count). The van der Waals surface area contributed by atoms with Crippen molar-refractivity contribution in [3.63, 3.8) is 0 Å². The molecule has 0 spiro atoms. The Morgan fingerprint density at radius 2 is 1.52 bits per heavy atom. The summed E-state index contributed by atoms with van der Waals surface area (Å²) in [7, 11) is 0. The summed E-state index contributed by atoms with van der Waals surface area (Å²) >= 11 is 1.46. The highest BCUT2D eigenvalue weighted by Crippen LogP contribution is 2.23. The average Bonchev–Trinajstić information content (AvgIpc) is 3.75. The fraction of sp³-hybridized carbons (Fsp3) is 0.604. The summed E-state index contributed by atoms with van der Waals surface area (Å²) in [4.78, 5) is 87.6. The molecule has 2 aromatic carbocycles. The number of likely N-dealkylation sites (tertiary alicyclic amines) is 1. The number of thioether (sulfide) groups is 1. The molecule has 1 fully saturated rings. The number of aliphatic hydroxyl groups excluding tert-OH is 1. The molecule has 7 atom stereocenters. The average molecular weight is 937 g/mol. The molecular formula is C48H72N8O9S. The van der Waals surface area contributed by atoms with Crippen LogP contribution < -0.4 is 31.9 Å². The van der Waals surface area contributed by atoms with Crippen LogP contribution in [0.25, 0.3) is 0 Å². The molecule has 0 aliphatic carbocycles. The lowest BCUT2D eigenvalue weighted by Gasteiger charge is -2.34. The molecule has 364 valence electrons. The molecule has 0 aromatic heterocycles. The predicted octanol–water partition coefficient (Wildman–Crippen LogP) is 4.77. The summed E-state index contributed by atoms with van der Waals surface area (Å²) in [6.45, 7) is 15.9. The molecule has 0 saturated carbocycles. The normalized spacial score (nSPS) is 18.5. The number of ether oxygens (including phenoxy) is 2. The van der Waals surface area contributed by atoms with Gasteiger partial charge in [0.05, 0.1) is 12.1 Å². The van der Waals surface area contributed by atoms with E-state index in [1.807, 2.05) is 88.4 Å². The number of nitrogens with zero attached hydrogens (tertiary/aromatic N) is 2. The smallest absolute Gasteiger partial charge is 0.408 e. The lowest BCUT2D eigenvalue weighted by atomic mass is 9.99. The van der Waals surface area contributed by atoms with Gasteiger partial charge in [0.1, 0.15) is 36.6 Å². The number of alkyl carbamates (subject to hydrolysis) is 2. The minimum atomic E-state index is -1.40. The van der Waals surface area contributed by atoms with Crippen LogP contribution in [0.3, 0.4) is 0 Å². The van der Waals surface area contributed by atoms with Gasteiger partial charge in [-0.15, -0.1) is 0 Å². The molecule has 2 aromatic rings. The maximum atomic E-state index is 14.5. The molecule has 2 aliphatic rings. The van der Waals surface area contributed by atoms with E-state index in [0.29, 0.717) is 31.0 Å². The van der Waals surface area contributed by atoms with Gasteiger partial charge < -0.3 is 46.1 Å². The van der Waals surface area contributed by atoms with Crippen LogP contribution >= 0.6 is 11.8 Å². The Kier molecular flexibility index (Phi) is 21.2. The summed E-state index contributed by atoms with van der Waals surface area (Å²) in [5.41, 5.74) is 0.836. The Morgan fingerprint density at radius 3 is 2.14 bits per heavy atom. The Morgan fingerprint density at radius 1 is 0.848 bits per heavy atom. The molecule has 7 N–H and O–H groups in total.